The van der Waals surface area contributed by atoms with Crippen molar-refractivity contribution in [2.45, 2.75) is 18.9 Å². The van der Waals surface area contributed by atoms with Gasteiger partial charge in [0.05, 0.1) is 11.0 Å². The molecule has 1 N–H and O–H groups in total. The van der Waals surface area contributed by atoms with Gasteiger partial charge in [0, 0.05) is 17.7 Å². The molecule has 0 heterocycles. The summed E-state index contributed by atoms with van der Waals surface area (Å²) in [4.78, 5) is 22.5. The molecule has 5 heteroatoms. The van der Waals surface area contributed by atoms with Crippen LogP contribution in [0.1, 0.15) is 34.8 Å². The molecule has 22 heavy (non-hydrogen) atoms. The molecule has 1 aliphatic carbocycles. The van der Waals surface area contributed by atoms with Gasteiger partial charge in [-0.25, -0.2) is 0 Å². The second kappa shape index (κ2) is 5.97. The second-order valence-electron chi connectivity index (χ2n) is 5.50. The summed E-state index contributed by atoms with van der Waals surface area (Å²) in [7, 11) is 0. The van der Waals surface area contributed by atoms with Crippen LogP contribution in [0, 0.1) is 16.0 Å². The third-order valence-corrected chi connectivity index (χ3v) is 3.88. The zero-order chi connectivity index (χ0) is 15.5. The summed E-state index contributed by atoms with van der Waals surface area (Å²) in [5, 5.41) is 13.7. The molecule has 5 nitrogen and oxygen atoms in total. The molecule has 0 unspecified atom stereocenters. The van der Waals surface area contributed by atoms with E-state index in [0.717, 1.165) is 18.4 Å². The molecule has 0 radical (unpaired) electrons. The van der Waals surface area contributed by atoms with Gasteiger partial charge in [0.15, 0.2) is 0 Å². The summed E-state index contributed by atoms with van der Waals surface area (Å²) >= 11 is 0. The van der Waals surface area contributed by atoms with Gasteiger partial charge in [-0.3, -0.25) is 14.9 Å². The van der Waals surface area contributed by atoms with Crippen molar-refractivity contribution in [2.75, 3.05) is 0 Å². The number of nitro groups is 1. The Hall–Kier alpha value is -2.69. The summed E-state index contributed by atoms with van der Waals surface area (Å²) in [5.74, 6) is 0.278. The first-order valence-electron chi connectivity index (χ1n) is 7.25. The molecule has 0 aliphatic heterocycles. The molecule has 2 aromatic rings. The monoisotopic (exact) mass is 296 g/mol. The second-order valence-corrected chi connectivity index (χ2v) is 5.50. The Morgan fingerprint density at radius 1 is 1.09 bits per heavy atom. The Kier molecular flexibility index (Phi) is 3.87. The molecule has 112 valence electrons. The van der Waals surface area contributed by atoms with E-state index in [0.29, 0.717) is 11.5 Å². The van der Waals surface area contributed by atoms with E-state index in [4.69, 9.17) is 0 Å². The molecule has 0 spiro atoms. The molecule has 1 fully saturated rings. The zero-order valence-corrected chi connectivity index (χ0v) is 11.9. The Morgan fingerprint density at radius 2 is 1.73 bits per heavy atom. The van der Waals surface area contributed by atoms with Crippen LogP contribution in [0.2, 0.25) is 0 Å². The quantitative estimate of drug-likeness (QED) is 0.678. The molecule has 1 aliphatic rings. The average Bonchev–Trinajstić information content (AvgIpc) is 3.38. The van der Waals surface area contributed by atoms with E-state index < -0.39 is 4.92 Å². The molecule has 2 aromatic carbocycles. The van der Waals surface area contributed by atoms with E-state index in [9.17, 15) is 14.9 Å². The number of nitrogens with one attached hydrogen (secondary N) is 1. The Labute approximate surface area is 128 Å². The smallest absolute Gasteiger partial charge is 0.269 e. The SMILES string of the molecule is O=C(N[C@H](c1ccccc1)C1CC1)c1ccc([N+](=O)[O-])cc1. The number of carbonyl (C=O) groups is 1. The number of hydrogen-bond acceptors (Lipinski definition) is 3. The van der Waals surface area contributed by atoms with Gasteiger partial charge in [-0.2, -0.15) is 0 Å². The Balaban J connectivity index is 1.75. The fraction of sp³-hybridized carbons (Fsp3) is 0.235. The van der Waals surface area contributed by atoms with Crippen LogP contribution in [0.3, 0.4) is 0 Å². The van der Waals surface area contributed by atoms with Crippen molar-refractivity contribution in [1.82, 2.24) is 5.32 Å². The molecule has 3 rings (SSSR count). The Bertz CT molecular complexity index is 679. The van der Waals surface area contributed by atoms with Crippen LogP contribution in [-0.2, 0) is 0 Å². The highest BCUT2D eigenvalue weighted by Crippen LogP contribution is 2.41. The van der Waals surface area contributed by atoms with E-state index in [1.807, 2.05) is 30.3 Å². The van der Waals surface area contributed by atoms with E-state index in [-0.39, 0.29) is 17.6 Å². The predicted molar refractivity (Wildman–Crippen MR) is 82.5 cm³/mol. The standard InChI is InChI=1S/C17H16N2O3/c20-17(14-8-10-15(11-9-14)19(21)22)18-16(13-6-7-13)12-4-2-1-3-5-12/h1-5,8-11,13,16H,6-7H2,(H,18,20)/t16-/m1/s1. The maximum atomic E-state index is 12.4. The van der Waals surface area contributed by atoms with Crippen molar-refractivity contribution in [3.8, 4) is 0 Å². The predicted octanol–water partition coefficient (Wildman–Crippen LogP) is 3.48. The maximum Gasteiger partial charge on any atom is 0.269 e. The first-order valence-corrected chi connectivity index (χ1v) is 7.25. The highest BCUT2D eigenvalue weighted by Gasteiger charge is 2.33. The molecule has 1 saturated carbocycles. The molecule has 1 atom stereocenters. The van der Waals surface area contributed by atoms with Crippen LogP contribution in [-0.4, -0.2) is 10.8 Å². The van der Waals surface area contributed by atoms with E-state index in [1.54, 1.807) is 0 Å². The summed E-state index contributed by atoms with van der Waals surface area (Å²) in [5.41, 5.74) is 1.52. The molecular formula is C17H16N2O3. The maximum absolute atomic E-state index is 12.4. The highest BCUT2D eigenvalue weighted by molar-refractivity contribution is 5.94. The third kappa shape index (κ3) is 3.14. The fourth-order valence-electron chi connectivity index (χ4n) is 2.52. The van der Waals surface area contributed by atoms with Gasteiger partial charge in [-0.05, 0) is 36.5 Å². The van der Waals surface area contributed by atoms with E-state index in [1.165, 1.54) is 24.3 Å². The molecular weight excluding hydrogens is 280 g/mol. The number of hydrogen-bond donors (Lipinski definition) is 1. The van der Waals surface area contributed by atoms with Crippen LogP contribution in [0.25, 0.3) is 0 Å². The molecule has 1 amide bonds. The topological polar surface area (TPSA) is 72.2 Å². The van der Waals surface area contributed by atoms with Crippen molar-refractivity contribution >= 4 is 11.6 Å². The number of nitrogens with zero attached hydrogens (tertiary/aromatic N) is 1. The normalized spacial score (nSPS) is 15.1. The number of nitro benzene ring substituents is 1. The van der Waals surface area contributed by atoms with E-state index >= 15 is 0 Å². The van der Waals surface area contributed by atoms with Gasteiger partial charge in [0.1, 0.15) is 0 Å². The van der Waals surface area contributed by atoms with Crippen LogP contribution >= 0.6 is 0 Å². The van der Waals surface area contributed by atoms with Gasteiger partial charge < -0.3 is 5.32 Å². The third-order valence-electron chi connectivity index (χ3n) is 3.88. The van der Waals surface area contributed by atoms with Crippen molar-refractivity contribution < 1.29 is 9.72 Å². The lowest BCUT2D eigenvalue weighted by molar-refractivity contribution is -0.384. The van der Waals surface area contributed by atoms with Gasteiger partial charge >= 0.3 is 0 Å². The number of amides is 1. The fourth-order valence-corrected chi connectivity index (χ4v) is 2.52. The van der Waals surface area contributed by atoms with Gasteiger partial charge in [-0.15, -0.1) is 0 Å². The Morgan fingerprint density at radius 3 is 2.27 bits per heavy atom. The van der Waals surface area contributed by atoms with Crippen molar-refractivity contribution in [3.05, 3.63) is 75.8 Å². The lowest BCUT2D eigenvalue weighted by Crippen LogP contribution is -2.29. The minimum Gasteiger partial charge on any atom is -0.345 e. The first kappa shape index (κ1) is 14.3. The minimum atomic E-state index is -0.474. The number of non-ortho nitro benzene ring substituents is 1. The van der Waals surface area contributed by atoms with Crippen LogP contribution in [0.15, 0.2) is 54.6 Å². The molecule has 0 saturated heterocycles. The largest absolute Gasteiger partial charge is 0.345 e. The van der Waals surface area contributed by atoms with Gasteiger partial charge in [0.2, 0.25) is 0 Å². The number of benzene rings is 2. The molecule has 0 aromatic heterocycles. The van der Waals surface area contributed by atoms with Gasteiger partial charge in [0.25, 0.3) is 11.6 Å². The first-order chi connectivity index (χ1) is 10.6. The van der Waals surface area contributed by atoms with Gasteiger partial charge in [-0.1, -0.05) is 30.3 Å². The lowest BCUT2D eigenvalue weighted by Gasteiger charge is -2.18. The van der Waals surface area contributed by atoms with Crippen LogP contribution < -0.4 is 5.32 Å². The molecule has 0 bridgehead atoms. The van der Waals surface area contributed by atoms with Crippen molar-refractivity contribution in [1.29, 1.82) is 0 Å². The number of rotatable bonds is 5. The zero-order valence-electron chi connectivity index (χ0n) is 11.9. The van der Waals surface area contributed by atoms with Crippen LogP contribution in [0.4, 0.5) is 5.69 Å². The van der Waals surface area contributed by atoms with E-state index in [2.05, 4.69) is 5.32 Å². The summed E-state index contributed by atoms with van der Waals surface area (Å²) in [6.45, 7) is 0. The number of carbonyl (C=O) groups excluding carboxylic acids is 1. The summed E-state index contributed by atoms with van der Waals surface area (Å²) in [6, 6.07) is 15.6. The van der Waals surface area contributed by atoms with Crippen LogP contribution in [0.5, 0.6) is 0 Å². The summed E-state index contributed by atoms with van der Waals surface area (Å²) < 4.78 is 0. The minimum absolute atomic E-state index is 0.00360. The summed E-state index contributed by atoms with van der Waals surface area (Å²) in [6.07, 6.45) is 2.22. The van der Waals surface area contributed by atoms with Crippen molar-refractivity contribution in [3.63, 3.8) is 0 Å². The average molecular weight is 296 g/mol. The van der Waals surface area contributed by atoms with Crippen molar-refractivity contribution in [2.24, 2.45) is 5.92 Å². The lowest BCUT2D eigenvalue weighted by atomic mass is 10.0. The highest BCUT2D eigenvalue weighted by atomic mass is 16.6.